The number of likely N-dealkylation sites (tertiary alicyclic amines) is 1. The number of nitrogens with one attached hydrogen (secondary N) is 2. The molecule has 4 heterocycles. The van der Waals surface area contributed by atoms with Crippen LogP contribution in [0.4, 0.5) is 16.2 Å². The van der Waals surface area contributed by atoms with Crippen LogP contribution < -0.4 is 15.0 Å². The number of aromatic amines is 1. The van der Waals surface area contributed by atoms with E-state index < -0.39 is 6.09 Å². The van der Waals surface area contributed by atoms with Crippen molar-refractivity contribution in [1.29, 1.82) is 5.26 Å². The Morgan fingerprint density at radius 3 is 2.58 bits per heavy atom. The molecular weight excluding hydrogens is 480 g/mol. The van der Waals surface area contributed by atoms with Crippen LogP contribution in [0.5, 0.6) is 5.88 Å². The van der Waals surface area contributed by atoms with E-state index in [0.717, 1.165) is 44.5 Å². The summed E-state index contributed by atoms with van der Waals surface area (Å²) in [5.41, 5.74) is 3.93. The van der Waals surface area contributed by atoms with Crippen LogP contribution in [0.25, 0.3) is 0 Å². The van der Waals surface area contributed by atoms with E-state index in [1.165, 1.54) is 17.8 Å². The van der Waals surface area contributed by atoms with Gasteiger partial charge in [-0.25, -0.2) is 4.79 Å². The minimum atomic E-state index is -0.613. The molecule has 0 saturated carbocycles. The first-order valence-corrected chi connectivity index (χ1v) is 13.2. The number of anilines is 2. The van der Waals surface area contributed by atoms with Crippen molar-refractivity contribution >= 4 is 23.4 Å². The highest BCUT2D eigenvalue weighted by molar-refractivity contribution is 5.94. The minimum absolute atomic E-state index is 0.0293. The SMILES string of the molecule is CC1CCN(c2cc(C3CCN(C(=O)c4cccnc4)CC3)ccc2NC(=O)Oc2cc(C#N)c[nH]2)CC1. The van der Waals surface area contributed by atoms with E-state index >= 15 is 0 Å². The number of hydrogen-bond donors (Lipinski definition) is 2. The van der Waals surface area contributed by atoms with Crippen molar-refractivity contribution in [3.63, 3.8) is 0 Å². The van der Waals surface area contributed by atoms with Crippen LogP contribution in [0.15, 0.2) is 55.0 Å². The van der Waals surface area contributed by atoms with Gasteiger partial charge in [0.25, 0.3) is 5.91 Å². The largest absolute Gasteiger partial charge is 0.418 e. The molecule has 5 rings (SSSR count). The van der Waals surface area contributed by atoms with Gasteiger partial charge in [-0.2, -0.15) is 5.26 Å². The Bertz CT molecular complexity index is 1320. The monoisotopic (exact) mass is 512 g/mol. The van der Waals surface area contributed by atoms with E-state index in [1.807, 2.05) is 23.1 Å². The molecule has 9 heteroatoms. The Labute approximate surface area is 222 Å². The fourth-order valence-corrected chi connectivity index (χ4v) is 5.24. The summed E-state index contributed by atoms with van der Waals surface area (Å²) >= 11 is 0. The van der Waals surface area contributed by atoms with Crippen molar-refractivity contribution in [1.82, 2.24) is 14.9 Å². The number of hydrogen-bond acceptors (Lipinski definition) is 6. The number of rotatable bonds is 5. The second-order valence-electron chi connectivity index (χ2n) is 10.1. The summed E-state index contributed by atoms with van der Waals surface area (Å²) in [6.07, 6.45) is 8.13. The number of pyridine rings is 1. The topological polar surface area (TPSA) is 114 Å². The number of carbonyl (C=O) groups is 2. The van der Waals surface area contributed by atoms with E-state index in [-0.39, 0.29) is 11.8 Å². The van der Waals surface area contributed by atoms with Crippen molar-refractivity contribution in [2.75, 3.05) is 36.4 Å². The number of ether oxygens (including phenoxy) is 1. The zero-order chi connectivity index (χ0) is 26.5. The lowest BCUT2D eigenvalue weighted by Gasteiger charge is -2.35. The first-order valence-electron chi connectivity index (χ1n) is 13.2. The Morgan fingerprint density at radius 1 is 1.11 bits per heavy atom. The third-order valence-electron chi connectivity index (χ3n) is 7.53. The molecular formula is C29H32N6O3. The van der Waals surface area contributed by atoms with Crippen molar-refractivity contribution in [3.05, 3.63) is 71.7 Å². The summed E-state index contributed by atoms with van der Waals surface area (Å²) in [5, 5.41) is 11.9. The summed E-state index contributed by atoms with van der Waals surface area (Å²) in [6.45, 7) is 5.52. The highest BCUT2D eigenvalue weighted by Crippen LogP contribution is 2.36. The van der Waals surface area contributed by atoms with Crippen LogP contribution in [0.2, 0.25) is 0 Å². The molecule has 0 aliphatic carbocycles. The van der Waals surface area contributed by atoms with Gasteiger partial charge in [0.1, 0.15) is 6.07 Å². The van der Waals surface area contributed by atoms with Crippen molar-refractivity contribution in [3.8, 4) is 11.9 Å². The molecule has 2 amide bonds. The number of nitrogens with zero attached hydrogens (tertiary/aromatic N) is 4. The molecule has 0 atom stereocenters. The van der Waals surface area contributed by atoms with Gasteiger partial charge in [0.15, 0.2) is 0 Å². The second kappa shape index (κ2) is 11.4. The summed E-state index contributed by atoms with van der Waals surface area (Å²) in [7, 11) is 0. The van der Waals surface area contributed by atoms with Gasteiger partial charge in [0, 0.05) is 50.8 Å². The molecule has 2 N–H and O–H groups in total. The van der Waals surface area contributed by atoms with E-state index in [1.54, 1.807) is 18.5 Å². The maximum Gasteiger partial charge on any atom is 0.418 e. The molecule has 196 valence electrons. The van der Waals surface area contributed by atoms with E-state index in [9.17, 15) is 9.59 Å². The Morgan fingerprint density at radius 2 is 1.89 bits per heavy atom. The summed E-state index contributed by atoms with van der Waals surface area (Å²) in [6, 6.07) is 13.3. The lowest BCUT2D eigenvalue weighted by atomic mass is 9.88. The molecule has 3 aromatic rings. The molecule has 2 saturated heterocycles. The number of piperidine rings is 2. The fourth-order valence-electron chi connectivity index (χ4n) is 5.24. The fraction of sp³-hybridized carbons (Fsp3) is 0.379. The average molecular weight is 513 g/mol. The highest BCUT2D eigenvalue weighted by atomic mass is 16.6. The molecule has 0 spiro atoms. The van der Waals surface area contributed by atoms with Gasteiger partial charge >= 0.3 is 6.09 Å². The molecule has 2 fully saturated rings. The third kappa shape index (κ3) is 5.80. The van der Waals surface area contributed by atoms with Gasteiger partial charge in [-0.05, 0) is 67.3 Å². The van der Waals surface area contributed by atoms with Crippen molar-refractivity contribution in [2.24, 2.45) is 5.92 Å². The number of carbonyl (C=O) groups excluding carboxylic acids is 2. The predicted octanol–water partition coefficient (Wildman–Crippen LogP) is 5.15. The standard InChI is InChI=1S/C29H32N6O3/c1-20-6-11-34(12-7-20)26-16-23(4-5-25(26)33-29(37)38-27-15-21(17-30)18-32-27)22-8-13-35(14-9-22)28(36)24-3-2-10-31-19-24/h2-5,10,15-16,18-20,22,32H,6-9,11-14H2,1H3,(H,33,37). The molecule has 1 aromatic carbocycles. The molecule has 2 aliphatic heterocycles. The first-order chi connectivity index (χ1) is 18.5. The van der Waals surface area contributed by atoms with Crippen molar-refractivity contribution < 1.29 is 14.3 Å². The Hall–Kier alpha value is -4.32. The van der Waals surface area contributed by atoms with Crippen LogP contribution in [0.3, 0.4) is 0 Å². The zero-order valence-electron chi connectivity index (χ0n) is 21.5. The number of H-pyrrole nitrogens is 1. The maximum atomic E-state index is 12.8. The molecule has 0 radical (unpaired) electrons. The Kier molecular flexibility index (Phi) is 7.59. The normalized spacial score (nSPS) is 16.6. The van der Waals surface area contributed by atoms with Crippen LogP contribution in [-0.2, 0) is 0 Å². The first kappa shape index (κ1) is 25.3. The van der Waals surface area contributed by atoms with Gasteiger partial charge in [-0.1, -0.05) is 13.0 Å². The molecule has 2 aliphatic rings. The van der Waals surface area contributed by atoms with E-state index in [0.29, 0.717) is 41.7 Å². The number of nitriles is 1. The quantitative estimate of drug-likeness (QED) is 0.489. The van der Waals surface area contributed by atoms with Crippen LogP contribution in [-0.4, -0.2) is 53.0 Å². The lowest BCUT2D eigenvalue weighted by Crippen LogP contribution is -2.38. The van der Waals surface area contributed by atoms with Crippen LogP contribution in [0, 0.1) is 17.2 Å². The molecule has 0 bridgehead atoms. The van der Waals surface area contributed by atoms with Gasteiger partial charge in [-0.3, -0.25) is 15.1 Å². The average Bonchev–Trinajstić information content (AvgIpc) is 3.41. The maximum absolute atomic E-state index is 12.8. The number of amides is 2. The predicted molar refractivity (Wildman–Crippen MR) is 144 cm³/mol. The van der Waals surface area contributed by atoms with Gasteiger partial charge in [0.2, 0.25) is 5.88 Å². The summed E-state index contributed by atoms with van der Waals surface area (Å²) < 4.78 is 5.36. The highest BCUT2D eigenvalue weighted by Gasteiger charge is 2.27. The smallest absolute Gasteiger partial charge is 0.393 e. The summed E-state index contributed by atoms with van der Waals surface area (Å²) in [4.78, 5) is 36.6. The van der Waals surface area contributed by atoms with E-state index in [4.69, 9.17) is 10.00 Å². The van der Waals surface area contributed by atoms with Crippen molar-refractivity contribution in [2.45, 2.75) is 38.5 Å². The zero-order valence-corrected chi connectivity index (χ0v) is 21.5. The van der Waals surface area contributed by atoms with Gasteiger partial charge in [-0.15, -0.1) is 0 Å². The third-order valence-corrected chi connectivity index (χ3v) is 7.53. The number of aromatic nitrogens is 2. The molecule has 38 heavy (non-hydrogen) atoms. The number of benzene rings is 1. The summed E-state index contributed by atoms with van der Waals surface area (Å²) in [5.74, 6) is 1.26. The molecule has 2 aromatic heterocycles. The lowest BCUT2D eigenvalue weighted by molar-refractivity contribution is 0.0712. The Balaban J connectivity index is 1.30. The van der Waals surface area contributed by atoms with Crippen LogP contribution in [0.1, 0.15) is 60.0 Å². The second-order valence-corrected chi connectivity index (χ2v) is 10.1. The van der Waals surface area contributed by atoms with Crippen LogP contribution >= 0.6 is 0 Å². The molecule has 9 nitrogen and oxygen atoms in total. The van der Waals surface area contributed by atoms with Gasteiger partial charge < -0.3 is 19.5 Å². The van der Waals surface area contributed by atoms with Gasteiger partial charge in [0.05, 0.1) is 22.5 Å². The minimum Gasteiger partial charge on any atom is -0.393 e. The van der Waals surface area contributed by atoms with E-state index in [2.05, 4.69) is 39.2 Å². The molecule has 0 unspecified atom stereocenters.